The quantitative estimate of drug-likeness (QED) is 0.592. The van der Waals surface area contributed by atoms with E-state index in [0.717, 1.165) is 0 Å². The average Bonchev–Trinajstić information content (AvgIpc) is 2.29. The second kappa shape index (κ2) is 5.67. The molecule has 1 rings (SSSR count). The van der Waals surface area contributed by atoms with Crippen LogP contribution in [-0.2, 0) is 14.9 Å². The molecule has 0 aliphatic rings. The van der Waals surface area contributed by atoms with Crippen LogP contribution in [-0.4, -0.2) is 26.7 Å². The molecule has 0 heterocycles. The summed E-state index contributed by atoms with van der Waals surface area (Å²) in [5.74, 6) is -0.772. The van der Waals surface area contributed by atoms with E-state index in [2.05, 4.69) is 0 Å². The normalized spacial score (nSPS) is 10.9. The molecule has 0 aliphatic carbocycles. The fraction of sp³-hybridized carbons (Fsp3) is 0.364. The predicted molar refractivity (Wildman–Crippen MR) is 62.5 cm³/mol. The lowest BCUT2D eigenvalue weighted by atomic mass is 10.2. The average molecular weight is 258 g/mol. The lowest BCUT2D eigenvalue weighted by molar-refractivity contribution is 0.0524. The van der Waals surface area contributed by atoms with Gasteiger partial charge in [0.15, 0.2) is 5.75 Å². The zero-order chi connectivity index (χ0) is 12.9. The Hall–Kier alpha value is -1.56. The lowest BCUT2D eigenvalue weighted by Crippen LogP contribution is -2.14. The van der Waals surface area contributed by atoms with E-state index >= 15 is 0 Å². The summed E-state index contributed by atoms with van der Waals surface area (Å²) >= 11 is 0. The molecule has 0 amide bonds. The van der Waals surface area contributed by atoms with Crippen LogP contribution >= 0.6 is 0 Å². The monoisotopic (exact) mass is 258 g/mol. The van der Waals surface area contributed by atoms with Crippen LogP contribution in [0.25, 0.3) is 0 Å². The van der Waals surface area contributed by atoms with Crippen LogP contribution in [0.15, 0.2) is 24.3 Å². The Morgan fingerprint density at radius 1 is 1.24 bits per heavy atom. The zero-order valence-corrected chi connectivity index (χ0v) is 10.5. The van der Waals surface area contributed by atoms with E-state index in [1.54, 1.807) is 19.1 Å². The van der Waals surface area contributed by atoms with Gasteiger partial charge in [-0.05, 0) is 26.0 Å². The molecule has 1 aromatic carbocycles. The van der Waals surface area contributed by atoms with Crippen molar-refractivity contribution in [3.8, 4) is 5.75 Å². The van der Waals surface area contributed by atoms with Crippen LogP contribution < -0.4 is 4.18 Å². The lowest BCUT2D eigenvalue weighted by Gasteiger charge is -2.09. The van der Waals surface area contributed by atoms with E-state index in [-0.39, 0.29) is 23.7 Å². The summed E-state index contributed by atoms with van der Waals surface area (Å²) < 4.78 is 32.3. The smallest absolute Gasteiger partial charge is 0.341 e. The number of ether oxygens (including phenoxy) is 1. The molecule has 0 N–H and O–H groups in total. The van der Waals surface area contributed by atoms with Gasteiger partial charge in [-0.15, -0.1) is 0 Å². The third-order valence-electron chi connectivity index (χ3n) is 1.95. The molecular weight excluding hydrogens is 244 g/mol. The van der Waals surface area contributed by atoms with Gasteiger partial charge in [0.1, 0.15) is 5.56 Å². The second-order valence-corrected chi connectivity index (χ2v) is 5.01. The van der Waals surface area contributed by atoms with Crippen LogP contribution in [0, 0.1) is 0 Å². The first-order valence-electron chi connectivity index (χ1n) is 5.18. The van der Waals surface area contributed by atoms with E-state index in [1.165, 1.54) is 19.1 Å². The molecule has 6 heteroatoms. The highest BCUT2D eigenvalue weighted by Crippen LogP contribution is 2.20. The summed E-state index contributed by atoms with van der Waals surface area (Å²) in [6.45, 7) is 3.35. The van der Waals surface area contributed by atoms with Crippen LogP contribution in [0.2, 0.25) is 0 Å². The van der Waals surface area contributed by atoms with E-state index in [1.807, 2.05) is 0 Å². The van der Waals surface area contributed by atoms with Crippen molar-refractivity contribution >= 4 is 16.1 Å². The van der Waals surface area contributed by atoms with Crippen LogP contribution in [0.5, 0.6) is 5.75 Å². The number of para-hydroxylation sites is 1. The first kappa shape index (κ1) is 13.5. The maximum absolute atomic E-state index is 11.5. The number of hydrogen-bond donors (Lipinski definition) is 0. The number of carbonyl (C=O) groups excluding carboxylic acids is 1. The molecule has 0 unspecified atom stereocenters. The summed E-state index contributed by atoms with van der Waals surface area (Å²) in [6, 6.07) is 6.07. The fourth-order valence-corrected chi connectivity index (χ4v) is 1.65. The van der Waals surface area contributed by atoms with Gasteiger partial charge in [0, 0.05) is 0 Å². The third kappa shape index (κ3) is 3.74. The molecule has 94 valence electrons. The maximum Gasteiger partial charge on any atom is 0.341 e. The molecular formula is C11H14O5S. The summed E-state index contributed by atoms with van der Waals surface area (Å²) in [5.41, 5.74) is 0.103. The number of esters is 1. The highest BCUT2D eigenvalue weighted by molar-refractivity contribution is 7.87. The first-order valence-corrected chi connectivity index (χ1v) is 6.76. The molecule has 0 aromatic heterocycles. The molecule has 0 saturated carbocycles. The second-order valence-electron chi connectivity index (χ2n) is 3.15. The molecule has 17 heavy (non-hydrogen) atoms. The van der Waals surface area contributed by atoms with Gasteiger partial charge in [0.2, 0.25) is 0 Å². The number of carbonyl (C=O) groups is 1. The highest BCUT2D eigenvalue weighted by Gasteiger charge is 2.17. The molecule has 0 spiro atoms. The summed E-state index contributed by atoms with van der Waals surface area (Å²) in [5, 5.41) is 0. The van der Waals surface area contributed by atoms with E-state index in [0.29, 0.717) is 0 Å². The number of hydrogen-bond acceptors (Lipinski definition) is 5. The van der Waals surface area contributed by atoms with E-state index in [4.69, 9.17) is 8.92 Å². The van der Waals surface area contributed by atoms with Gasteiger partial charge >= 0.3 is 16.1 Å². The number of rotatable bonds is 5. The van der Waals surface area contributed by atoms with Gasteiger partial charge in [-0.3, -0.25) is 0 Å². The Balaban J connectivity index is 3.04. The van der Waals surface area contributed by atoms with Crippen molar-refractivity contribution in [1.82, 2.24) is 0 Å². The largest absolute Gasteiger partial charge is 0.462 e. The predicted octanol–water partition coefficient (Wildman–Crippen LogP) is 1.59. The van der Waals surface area contributed by atoms with Gasteiger partial charge in [0.25, 0.3) is 0 Å². The minimum absolute atomic E-state index is 0.00667. The highest BCUT2D eigenvalue weighted by atomic mass is 32.2. The van der Waals surface area contributed by atoms with Crippen molar-refractivity contribution in [2.45, 2.75) is 13.8 Å². The summed E-state index contributed by atoms with van der Waals surface area (Å²) in [6.07, 6.45) is 0. The van der Waals surface area contributed by atoms with Gasteiger partial charge in [0.05, 0.1) is 12.4 Å². The Morgan fingerprint density at radius 3 is 2.47 bits per heavy atom. The van der Waals surface area contributed by atoms with Crippen LogP contribution in [0.4, 0.5) is 0 Å². The molecule has 0 saturated heterocycles. The first-order chi connectivity index (χ1) is 8.00. The van der Waals surface area contributed by atoms with Crippen molar-refractivity contribution in [1.29, 1.82) is 0 Å². The Morgan fingerprint density at radius 2 is 1.88 bits per heavy atom. The molecule has 5 nitrogen and oxygen atoms in total. The van der Waals surface area contributed by atoms with Crippen molar-refractivity contribution in [3.05, 3.63) is 29.8 Å². The minimum Gasteiger partial charge on any atom is -0.462 e. The maximum atomic E-state index is 11.5. The number of benzene rings is 1. The fourth-order valence-electron chi connectivity index (χ4n) is 1.11. The molecule has 1 aromatic rings. The Bertz CT molecular complexity index is 492. The Kier molecular flexibility index (Phi) is 4.51. The molecule has 0 radical (unpaired) electrons. The van der Waals surface area contributed by atoms with Crippen LogP contribution in [0.1, 0.15) is 24.2 Å². The van der Waals surface area contributed by atoms with Gasteiger partial charge < -0.3 is 8.92 Å². The summed E-state index contributed by atoms with van der Waals surface area (Å²) in [4.78, 5) is 11.5. The van der Waals surface area contributed by atoms with Crippen LogP contribution in [0.3, 0.4) is 0 Å². The topological polar surface area (TPSA) is 69.7 Å². The third-order valence-corrected chi connectivity index (χ3v) is 3.09. The van der Waals surface area contributed by atoms with Gasteiger partial charge in [-0.25, -0.2) is 4.79 Å². The van der Waals surface area contributed by atoms with Crippen molar-refractivity contribution in [2.24, 2.45) is 0 Å². The van der Waals surface area contributed by atoms with E-state index < -0.39 is 16.1 Å². The molecule has 0 bridgehead atoms. The van der Waals surface area contributed by atoms with Crippen molar-refractivity contribution in [2.75, 3.05) is 12.4 Å². The molecule has 0 aliphatic heterocycles. The van der Waals surface area contributed by atoms with Crippen molar-refractivity contribution in [3.63, 3.8) is 0 Å². The standard InChI is InChI=1S/C11H14O5S/c1-3-15-11(12)9-7-5-6-8-10(9)16-17(13,14)4-2/h5-8H,3-4H2,1-2H3. The van der Waals surface area contributed by atoms with Crippen molar-refractivity contribution < 1.29 is 22.1 Å². The SMILES string of the molecule is CCOC(=O)c1ccccc1OS(=O)(=O)CC. The zero-order valence-electron chi connectivity index (χ0n) is 9.67. The molecule has 0 atom stereocenters. The minimum atomic E-state index is -3.65. The van der Waals surface area contributed by atoms with Gasteiger partial charge in [-0.2, -0.15) is 8.42 Å². The Labute approximate surface area is 100 Å². The summed E-state index contributed by atoms with van der Waals surface area (Å²) in [7, 11) is -3.65. The molecule has 0 fully saturated rings. The van der Waals surface area contributed by atoms with Gasteiger partial charge in [-0.1, -0.05) is 12.1 Å². The van der Waals surface area contributed by atoms with E-state index in [9.17, 15) is 13.2 Å².